The predicted molar refractivity (Wildman–Crippen MR) is 93.4 cm³/mol. The fraction of sp³-hybridized carbons (Fsp3) is 0.211. The van der Waals surface area contributed by atoms with Crippen LogP contribution in [-0.2, 0) is 6.42 Å². The molecule has 2 aromatic carbocycles. The summed E-state index contributed by atoms with van der Waals surface area (Å²) in [6.07, 6.45) is 4.22. The van der Waals surface area contributed by atoms with Crippen LogP contribution in [-0.4, -0.2) is 19.7 Å². The molecule has 4 nitrogen and oxygen atoms in total. The fourth-order valence-electron chi connectivity index (χ4n) is 2.14. The molecule has 0 aliphatic carbocycles. The Labute approximate surface area is 137 Å². The molecule has 2 rings (SSSR count). The summed E-state index contributed by atoms with van der Waals surface area (Å²) in [6.45, 7) is 2.65. The van der Waals surface area contributed by atoms with Crippen molar-refractivity contribution >= 4 is 12.1 Å². The van der Waals surface area contributed by atoms with Crippen LogP contribution in [0.25, 0.3) is 6.08 Å². The molecule has 0 saturated heterocycles. The largest absolute Gasteiger partial charge is 0.496 e. The molecule has 0 atom stereocenters. The molecule has 0 aromatic heterocycles. The summed E-state index contributed by atoms with van der Waals surface area (Å²) in [5.74, 6) is 0.769. The number of rotatable bonds is 6. The first-order chi connectivity index (χ1) is 11.2. The molecule has 0 radical (unpaired) electrons. The van der Waals surface area contributed by atoms with E-state index in [4.69, 9.17) is 4.74 Å². The van der Waals surface area contributed by atoms with Crippen LogP contribution < -0.4 is 15.4 Å². The van der Waals surface area contributed by atoms with Gasteiger partial charge in [0.15, 0.2) is 0 Å². The highest BCUT2D eigenvalue weighted by atomic mass is 16.5. The summed E-state index contributed by atoms with van der Waals surface area (Å²) in [5.41, 5.74) is 3.36. The highest BCUT2D eigenvalue weighted by Gasteiger charge is 1.99. The van der Waals surface area contributed by atoms with E-state index >= 15 is 0 Å². The number of urea groups is 1. The van der Waals surface area contributed by atoms with Crippen LogP contribution in [0.2, 0.25) is 0 Å². The minimum Gasteiger partial charge on any atom is -0.496 e. The van der Waals surface area contributed by atoms with Gasteiger partial charge >= 0.3 is 6.03 Å². The van der Waals surface area contributed by atoms with Crippen LogP contribution in [0, 0.1) is 6.92 Å². The topological polar surface area (TPSA) is 50.4 Å². The Bertz CT molecular complexity index is 663. The van der Waals surface area contributed by atoms with Crippen molar-refractivity contribution in [3.63, 3.8) is 0 Å². The minimum absolute atomic E-state index is 0.219. The third-order valence-electron chi connectivity index (χ3n) is 3.44. The molecule has 0 heterocycles. The van der Waals surface area contributed by atoms with Gasteiger partial charge in [-0.3, -0.25) is 0 Å². The molecular formula is C19H22N2O2. The van der Waals surface area contributed by atoms with Crippen LogP contribution in [0.3, 0.4) is 0 Å². The van der Waals surface area contributed by atoms with Gasteiger partial charge in [0, 0.05) is 18.3 Å². The zero-order chi connectivity index (χ0) is 16.5. The average Bonchev–Trinajstić information content (AvgIpc) is 2.57. The third kappa shape index (κ3) is 5.51. The van der Waals surface area contributed by atoms with E-state index in [9.17, 15) is 4.79 Å². The Balaban J connectivity index is 1.74. The summed E-state index contributed by atoms with van der Waals surface area (Å²) in [5, 5.41) is 5.52. The zero-order valence-electron chi connectivity index (χ0n) is 13.5. The number of benzene rings is 2. The SMILES string of the molecule is COc1ccccc1/C=C/NC(=O)NCCc1ccc(C)cc1. The number of nitrogens with one attached hydrogen (secondary N) is 2. The second kappa shape index (κ2) is 8.63. The fourth-order valence-corrected chi connectivity index (χ4v) is 2.14. The van der Waals surface area contributed by atoms with Crippen molar-refractivity contribution in [2.75, 3.05) is 13.7 Å². The van der Waals surface area contributed by atoms with Gasteiger partial charge in [0.25, 0.3) is 0 Å². The molecule has 0 saturated carbocycles. The molecule has 0 spiro atoms. The summed E-state index contributed by atoms with van der Waals surface area (Å²) >= 11 is 0. The summed E-state index contributed by atoms with van der Waals surface area (Å²) < 4.78 is 5.25. The molecule has 0 bridgehead atoms. The van der Waals surface area contributed by atoms with Crippen molar-refractivity contribution < 1.29 is 9.53 Å². The average molecular weight is 310 g/mol. The van der Waals surface area contributed by atoms with Crippen molar-refractivity contribution in [2.24, 2.45) is 0 Å². The first-order valence-corrected chi connectivity index (χ1v) is 7.58. The molecule has 0 aliphatic rings. The van der Waals surface area contributed by atoms with Crippen molar-refractivity contribution in [3.8, 4) is 5.75 Å². The third-order valence-corrected chi connectivity index (χ3v) is 3.44. The smallest absolute Gasteiger partial charge is 0.318 e. The number of amides is 2. The molecule has 0 aliphatic heterocycles. The van der Waals surface area contributed by atoms with E-state index in [0.717, 1.165) is 17.7 Å². The number of carbonyl (C=O) groups excluding carboxylic acids is 1. The molecule has 0 fully saturated rings. The Kier molecular flexibility index (Phi) is 6.24. The summed E-state index contributed by atoms with van der Waals surface area (Å²) in [7, 11) is 1.62. The first-order valence-electron chi connectivity index (χ1n) is 7.58. The maximum Gasteiger partial charge on any atom is 0.318 e. The number of hydrogen-bond acceptors (Lipinski definition) is 2. The second-order valence-corrected chi connectivity index (χ2v) is 5.21. The lowest BCUT2D eigenvalue weighted by atomic mass is 10.1. The van der Waals surface area contributed by atoms with E-state index in [1.807, 2.05) is 24.3 Å². The predicted octanol–water partition coefficient (Wildman–Crippen LogP) is 3.52. The van der Waals surface area contributed by atoms with Crippen LogP contribution in [0.15, 0.2) is 54.7 Å². The van der Waals surface area contributed by atoms with Crippen LogP contribution in [0.1, 0.15) is 16.7 Å². The maximum atomic E-state index is 11.7. The van der Waals surface area contributed by atoms with E-state index in [1.54, 1.807) is 19.4 Å². The maximum absolute atomic E-state index is 11.7. The molecule has 2 aromatic rings. The number of ether oxygens (including phenoxy) is 1. The molecule has 2 N–H and O–H groups in total. The van der Waals surface area contributed by atoms with E-state index < -0.39 is 0 Å². The number of carbonyl (C=O) groups is 1. The van der Waals surface area contributed by atoms with Crippen molar-refractivity contribution in [1.82, 2.24) is 10.6 Å². The molecule has 0 unspecified atom stereocenters. The van der Waals surface area contributed by atoms with Gasteiger partial charge < -0.3 is 15.4 Å². The molecule has 120 valence electrons. The first kappa shape index (κ1) is 16.6. The van der Waals surface area contributed by atoms with E-state index in [0.29, 0.717) is 6.54 Å². The number of hydrogen-bond donors (Lipinski definition) is 2. The number of aryl methyl sites for hydroxylation is 1. The van der Waals surface area contributed by atoms with Crippen LogP contribution >= 0.6 is 0 Å². The van der Waals surface area contributed by atoms with Gasteiger partial charge in [-0.25, -0.2) is 4.79 Å². The van der Waals surface area contributed by atoms with Crippen molar-refractivity contribution in [1.29, 1.82) is 0 Å². The molecule has 2 amide bonds. The van der Waals surface area contributed by atoms with Gasteiger partial charge in [0.05, 0.1) is 7.11 Å². The molecule has 23 heavy (non-hydrogen) atoms. The standard InChI is InChI=1S/C19H22N2O2/c1-15-7-9-16(10-8-15)11-13-20-19(22)21-14-12-17-5-3-4-6-18(17)23-2/h3-10,12,14H,11,13H2,1-2H3,(H2,20,21,22)/b14-12+. The Morgan fingerprint density at radius 2 is 1.87 bits per heavy atom. The lowest BCUT2D eigenvalue weighted by Crippen LogP contribution is -2.33. The van der Waals surface area contributed by atoms with E-state index in [-0.39, 0.29) is 6.03 Å². The van der Waals surface area contributed by atoms with Gasteiger partial charge in [0.1, 0.15) is 5.75 Å². The lowest BCUT2D eigenvalue weighted by molar-refractivity contribution is 0.244. The lowest BCUT2D eigenvalue weighted by Gasteiger charge is -2.06. The van der Waals surface area contributed by atoms with E-state index in [2.05, 4.69) is 41.8 Å². The van der Waals surface area contributed by atoms with Gasteiger partial charge in [-0.2, -0.15) is 0 Å². The molecular weight excluding hydrogens is 288 g/mol. The summed E-state index contributed by atoms with van der Waals surface area (Å²) in [6, 6.07) is 15.7. The van der Waals surface area contributed by atoms with Crippen molar-refractivity contribution in [3.05, 3.63) is 71.4 Å². The zero-order valence-corrected chi connectivity index (χ0v) is 13.5. The van der Waals surface area contributed by atoms with Gasteiger partial charge in [-0.05, 0) is 31.1 Å². The molecule has 4 heteroatoms. The Hall–Kier alpha value is -2.75. The normalized spacial score (nSPS) is 10.5. The Morgan fingerprint density at radius 1 is 1.13 bits per heavy atom. The van der Waals surface area contributed by atoms with Gasteiger partial charge in [-0.1, -0.05) is 48.0 Å². The Morgan fingerprint density at radius 3 is 2.61 bits per heavy atom. The number of para-hydroxylation sites is 1. The van der Waals surface area contributed by atoms with Crippen LogP contribution in [0.4, 0.5) is 4.79 Å². The highest BCUT2D eigenvalue weighted by Crippen LogP contribution is 2.18. The highest BCUT2D eigenvalue weighted by molar-refractivity contribution is 5.76. The summed E-state index contributed by atoms with van der Waals surface area (Å²) in [4.78, 5) is 11.7. The van der Waals surface area contributed by atoms with Crippen molar-refractivity contribution in [2.45, 2.75) is 13.3 Å². The minimum atomic E-state index is -0.219. The quantitative estimate of drug-likeness (QED) is 0.858. The monoisotopic (exact) mass is 310 g/mol. The number of methoxy groups -OCH3 is 1. The second-order valence-electron chi connectivity index (χ2n) is 5.21. The van der Waals surface area contributed by atoms with Crippen LogP contribution in [0.5, 0.6) is 5.75 Å². The van der Waals surface area contributed by atoms with E-state index in [1.165, 1.54) is 11.1 Å². The van der Waals surface area contributed by atoms with Gasteiger partial charge in [0.2, 0.25) is 0 Å². The van der Waals surface area contributed by atoms with Gasteiger partial charge in [-0.15, -0.1) is 0 Å².